The Hall–Kier alpha value is -3.53. The van der Waals surface area contributed by atoms with Gasteiger partial charge in [-0.2, -0.15) is 0 Å². The monoisotopic (exact) mass is 356 g/mol. The molecule has 0 aliphatic carbocycles. The average Bonchev–Trinajstić information content (AvgIpc) is 2.73. The van der Waals surface area contributed by atoms with E-state index in [1.165, 1.54) is 0 Å². The van der Waals surface area contributed by atoms with E-state index >= 15 is 0 Å². The first kappa shape index (κ1) is 18.3. The fourth-order valence-electron chi connectivity index (χ4n) is 2.76. The first-order valence-corrected chi connectivity index (χ1v) is 8.73. The van der Waals surface area contributed by atoms with Crippen LogP contribution in [0.3, 0.4) is 0 Å². The molecule has 0 spiro atoms. The zero-order valence-corrected chi connectivity index (χ0v) is 14.8. The van der Waals surface area contributed by atoms with Gasteiger partial charge < -0.3 is 10.1 Å². The molecule has 27 heavy (non-hydrogen) atoms. The van der Waals surface area contributed by atoms with Crippen LogP contribution < -0.4 is 5.32 Å². The number of hydrogen-bond donors (Lipinski definition) is 1. The number of nitrogens with one attached hydrogen (secondary N) is 1. The van der Waals surface area contributed by atoms with Crippen LogP contribution in [0.2, 0.25) is 0 Å². The second kappa shape index (κ2) is 9.25. The van der Waals surface area contributed by atoms with Crippen molar-refractivity contribution in [3.63, 3.8) is 0 Å². The minimum Gasteiger partial charge on any atom is -0.342 e. The molecule has 1 heterocycles. The Morgan fingerprint density at radius 1 is 0.926 bits per heavy atom. The number of pyridine rings is 1. The SMILES string of the molecule is O=C[C@H](Cc1ccccc1)NC(=O)c1ccccc1C=Cc1ccncc1. The van der Waals surface area contributed by atoms with Gasteiger partial charge in [-0.15, -0.1) is 0 Å². The maximum atomic E-state index is 12.7. The minimum atomic E-state index is -0.572. The van der Waals surface area contributed by atoms with Gasteiger partial charge in [-0.25, -0.2) is 0 Å². The summed E-state index contributed by atoms with van der Waals surface area (Å²) < 4.78 is 0. The lowest BCUT2D eigenvalue weighted by Gasteiger charge is -2.14. The van der Waals surface area contributed by atoms with Gasteiger partial charge in [0.2, 0.25) is 0 Å². The van der Waals surface area contributed by atoms with Gasteiger partial charge >= 0.3 is 0 Å². The van der Waals surface area contributed by atoms with Gasteiger partial charge in [-0.3, -0.25) is 9.78 Å². The maximum absolute atomic E-state index is 12.7. The molecule has 134 valence electrons. The average molecular weight is 356 g/mol. The van der Waals surface area contributed by atoms with Gasteiger partial charge in [0, 0.05) is 18.0 Å². The summed E-state index contributed by atoms with van der Waals surface area (Å²) in [5, 5.41) is 2.82. The highest BCUT2D eigenvalue weighted by Gasteiger charge is 2.15. The molecule has 0 aliphatic heterocycles. The van der Waals surface area contributed by atoms with Gasteiger partial charge in [0.15, 0.2) is 0 Å². The van der Waals surface area contributed by atoms with Crippen molar-refractivity contribution in [3.8, 4) is 0 Å². The molecule has 0 saturated carbocycles. The number of aromatic nitrogens is 1. The van der Waals surface area contributed by atoms with Crippen molar-refractivity contribution in [2.45, 2.75) is 12.5 Å². The summed E-state index contributed by atoms with van der Waals surface area (Å²) in [7, 11) is 0. The zero-order valence-electron chi connectivity index (χ0n) is 14.8. The Kier molecular flexibility index (Phi) is 6.26. The molecule has 3 aromatic rings. The van der Waals surface area contributed by atoms with E-state index in [1.807, 2.05) is 72.8 Å². The quantitative estimate of drug-likeness (QED) is 0.655. The summed E-state index contributed by atoms with van der Waals surface area (Å²) >= 11 is 0. The topological polar surface area (TPSA) is 59.1 Å². The third kappa shape index (κ3) is 5.22. The molecule has 0 aliphatic rings. The van der Waals surface area contributed by atoms with Crippen molar-refractivity contribution < 1.29 is 9.59 Å². The van der Waals surface area contributed by atoms with E-state index in [0.29, 0.717) is 12.0 Å². The van der Waals surface area contributed by atoms with Crippen LogP contribution in [0, 0.1) is 0 Å². The Bertz CT molecular complexity index is 921. The first-order chi connectivity index (χ1) is 13.3. The third-order valence-electron chi connectivity index (χ3n) is 4.15. The summed E-state index contributed by atoms with van der Waals surface area (Å²) in [6.45, 7) is 0. The molecule has 0 unspecified atom stereocenters. The zero-order chi connectivity index (χ0) is 18.9. The summed E-state index contributed by atoms with van der Waals surface area (Å²) in [6.07, 6.45) is 8.49. The highest BCUT2D eigenvalue weighted by Crippen LogP contribution is 2.14. The molecular weight excluding hydrogens is 336 g/mol. The number of nitrogens with zero attached hydrogens (tertiary/aromatic N) is 1. The van der Waals surface area contributed by atoms with Crippen molar-refractivity contribution in [2.24, 2.45) is 0 Å². The number of amides is 1. The van der Waals surface area contributed by atoms with E-state index in [9.17, 15) is 9.59 Å². The smallest absolute Gasteiger partial charge is 0.252 e. The van der Waals surface area contributed by atoms with E-state index in [-0.39, 0.29) is 5.91 Å². The molecule has 1 N–H and O–H groups in total. The van der Waals surface area contributed by atoms with Crippen LogP contribution in [0.5, 0.6) is 0 Å². The van der Waals surface area contributed by atoms with E-state index < -0.39 is 6.04 Å². The van der Waals surface area contributed by atoms with Gasteiger partial charge in [0.25, 0.3) is 5.91 Å². The Labute approximate surface area is 158 Å². The van der Waals surface area contributed by atoms with Crippen LogP contribution in [0.15, 0.2) is 79.1 Å². The van der Waals surface area contributed by atoms with Gasteiger partial charge in [-0.1, -0.05) is 60.7 Å². The summed E-state index contributed by atoms with van der Waals surface area (Å²) in [5.41, 5.74) is 3.31. The number of rotatable bonds is 7. The fourth-order valence-corrected chi connectivity index (χ4v) is 2.76. The van der Waals surface area contributed by atoms with Crippen molar-refractivity contribution >= 4 is 24.3 Å². The lowest BCUT2D eigenvalue weighted by Crippen LogP contribution is -2.37. The molecule has 2 aromatic carbocycles. The molecule has 0 radical (unpaired) electrons. The third-order valence-corrected chi connectivity index (χ3v) is 4.15. The predicted molar refractivity (Wildman–Crippen MR) is 107 cm³/mol. The summed E-state index contributed by atoms with van der Waals surface area (Å²) in [5.74, 6) is -0.266. The van der Waals surface area contributed by atoms with Crippen LogP contribution in [0.1, 0.15) is 27.0 Å². The molecule has 1 amide bonds. The number of benzene rings is 2. The number of hydrogen-bond acceptors (Lipinski definition) is 3. The standard InChI is InChI=1S/C23H20N2O2/c26-17-21(16-19-6-2-1-3-7-19)25-23(27)22-9-5-4-8-20(22)11-10-18-12-14-24-15-13-18/h1-15,17,21H,16H2,(H,25,27)/t21-/m0/s1. The van der Waals surface area contributed by atoms with E-state index in [0.717, 1.165) is 23.0 Å². The largest absolute Gasteiger partial charge is 0.342 e. The molecule has 4 heteroatoms. The second-order valence-corrected chi connectivity index (χ2v) is 6.11. The Morgan fingerprint density at radius 2 is 1.63 bits per heavy atom. The summed E-state index contributed by atoms with van der Waals surface area (Å²) in [6, 6.07) is 20.2. The van der Waals surface area contributed by atoms with Crippen molar-refractivity contribution in [1.82, 2.24) is 10.3 Å². The Balaban J connectivity index is 1.74. The van der Waals surface area contributed by atoms with Crippen molar-refractivity contribution in [1.29, 1.82) is 0 Å². The number of carbonyl (C=O) groups excluding carboxylic acids is 2. The van der Waals surface area contributed by atoms with Crippen LogP contribution in [0.4, 0.5) is 0 Å². The van der Waals surface area contributed by atoms with Crippen molar-refractivity contribution in [3.05, 3.63) is 101 Å². The molecule has 0 fully saturated rings. The number of carbonyl (C=O) groups is 2. The van der Waals surface area contributed by atoms with Crippen molar-refractivity contribution in [2.75, 3.05) is 0 Å². The predicted octanol–water partition coefficient (Wildman–Crippen LogP) is 3.79. The molecule has 1 atom stereocenters. The number of aldehydes is 1. The highest BCUT2D eigenvalue weighted by atomic mass is 16.2. The molecule has 0 saturated heterocycles. The molecule has 0 bridgehead atoms. The molecule has 3 rings (SSSR count). The van der Waals surface area contributed by atoms with Gasteiger partial charge in [0.05, 0.1) is 6.04 Å². The lowest BCUT2D eigenvalue weighted by atomic mass is 10.0. The Morgan fingerprint density at radius 3 is 2.37 bits per heavy atom. The normalized spacial score (nSPS) is 11.9. The highest BCUT2D eigenvalue weighted by molar-refractivity contribution is 5.99. The molecule has 1 aromatic heterocycles. The molecule has 4 nitrogen and oxygen atoms in total. The van der Waals surface area contributed by atoms with E-state index in [2.05, 4.69) is 10.3 Å². The second-order valence-electron chi connectivity index (χ2n) is 6.11. The van der Waals surface area contributed by atoms with E-state index in [4.69, 9.17) is 0 Å². The van der Waals surface area contributed by atoms with E-state index in [1.54, 1.807) is 18.5 Å². The molecular formula is C23H20N2O2. The van der Waals surface area contributed by atoms with Gasteiger partial charge in [-0.05, 0) is 41.3 Å². The maximum Gasteiger partial charge on any atom is 0.252 e. The fraction of sp³-hybridized carbons (Fsp3) is 0.0870. The summed E-state index contributed by atoms with van der Waals surface area (Å²) in [4.78, 5) is 28.2. The van der Waals surface area contributed by atoms with Crippen LogP contribution in [0.25, 0.3) is 12.2 Å². The van der Waals surface area contributed by atoms with Gasteiger partial charge in [0.1, 0.15) is 6.29 Å². The lowest BCUT2D eigenvalue weighted by molar-refractivity contribution is -0.109. The van der Waals surface area contributed by atoms with Crippen LogP contribution in [-0.2, 0) is 11.2 Å². The minimum absolute atomic E-state index is 0.266. The van der Waals surface area contributed by atoms with Crippen LogP contribution in [-0.4, -0.2) is 23.2 Å². The first-order valence-electron chi connectivity index (χ1n) is 8.73. The van der Waals surface area contributed by atoms with Crippen LogP contribution >= 0.6 is 0 Å².